The molecule has 0 bridgehead atoms. The molecule has 2 amide bonds. The Labute approximate surface area is 194 Å². The number of amides is 2. The normalized spacial score (nSPS) is 51.4. The van der Waals surface area contributed by atoms with Gasteiger partial charge in [-0.2, -0.15) is 0 Å². The van der Waals surface area contributed by atoms with Gasteiger partial charge < -0.3 is 5.11 Å². The van der Waals surface area contributed by atoms with Crippen molar-refractivity contribution in [2.75, 3.05) is 12.3 Å². The zero-order valence-electron chi connectivity index (χ0n) is 19.2. The maximum Gasteiger partial charge on any atom is 0.289 e. The van der Waals surface area contributed by atoms with E-state index in [4.69, 9.17) is 0 Å². The molecule has 10 atom stereocenters. The molecular formula is C26H35NO4S. The first kappa shape index (κ1) is 21.4. The van der Waals surface area contributed by atoms with Crippen molar-refractivity contribution in [2.45, 2.75) is 70.8 Å². The Bertz CT molecular complexity index is 894. The maximum atomic E-state index is 12.2. The summed E-state index contributed by atoms with van der Waals surface area (Å²) < 4.78 is 0. The highest BCUT2D eigenvalue weighted by molar-refractivity contribution is 8.14. The molecule has 6 fully saturated rings. The molecule has 32 heavy (non-hydrogen) atoms. The van der Waals surface area contributed by atoms with E-state index in [9.17, 15) is 19.5 Å². The molecule has 0 aromatic rings. The number of nitrogens with zero attached hydrogens (tertiary/aromatic N) is 1. The van der Waals surface area contributed by atoms with Gasteiger partial charge in [-0.15, -0.1) is 0 Å². The summed E-state index contributed by atoms with van der Waals surface area (Å²) in [6.07, 6.45) is 9.11. The second-order valence-electron chi connectivity index (χ2n) is 12.3. The molecule has 0 spiro atoms. The Morgan fingerprint density at radius 1 is 1.06 bits per heavy atom. The van der Waals surface area contributed by atoms with Crippen LogP contribution in [0.1, 0.15) is 65.2 Å². The number of aliphatic hydroxyl groups is 1. The van der Waals surface area contributed by atoms with Gasteiger partial charge in [-0.25, -0.2) is 4.79 Å². The van der Waals surface area contributed by atoms with Gasteiger partial charge in [0.2, 0.25) is 5.91 Å². The molecule has 0 unspecified atom stereocenters. The van der Waals surface area contributed by atoms with Gasteiger partial charge in [0.25, 0.3) is 5.24 Å². The van der Waals surface area contributed by atoms with E-state index < -0.39 is 5.60 Å². The summed E-state index contributed by atoms with van der Waals surface area (Å²) in [5, 5.41) is 10.4. The summed E-state index contributed by atoms with van der Waals surface area (Å²) in [6, 6.07) is 0. The molecule has 1 N–H and O–H groups in total. The fourth-order valence-corrected chi connectivity index (χ4v) is 10.3. The molecule has 6 aliphatic rings. The average molecular weight is 458 g/mol. The van der Waals surface area contributed by atoms with Crippen LogP contribution in [0.4, 0.5) is 4.79 Å². The highest BCUT2D eigenvalue weighted by atomic mass is 32.2. The zero-order chi connectivity index (χ0) is 22.4. The maximum absolute atomic E-state index is 12.2. The Morgan fingerprint density at radius 3 is 2.56 bits per heavy atom. The Balaban J connectivity index is 1.25. The van der Waals surface area contributed by atoms with Crippen LogP contribution in [-0.2, 0) is 9.59 Å². The number of thioether (sulfide) groups is 1. The van der Waals surface area contributed by atoms with Gasteiger partial charge >= 0.3 is 0 Å². The first-order chi connectivity index (χ1) is 15.2. The lowest BCUT2D eigenvalue weighted by molar-refractivity contribution is -0.124. The van der Waals surface area contributed by atoms with E-state index in [-0.39, 0.29) is 34.8 Å². The van der Waals surface area contributed by atoms with Crippen molar-refractivity contribution in [3.05, 3.63) is 5.57 Å². The van der Waals surface area contributed by atoms with Crippen molar-refractivity contribution in [1.82, 2.24) is 4.90 Å². The predicted octanol–water partition coefficient (Wildman–Crippen LogP) is 4.32. The van der Waals surface area contributed by atoms with E-state index in [1.54, 1.807) is 0 Å². The summed E-state index contributed by atoms with van der Waals surface area (Å²) in [7, 11) is 0. The third-order valence-corrected chi connectivity index (χ3v) is 11.6. The first-order valence-electron chi connectivity index (χ1n) is 12.7. The van der Waals surface area contributed by atoms with Crippen LogP contribution in [0.2, 0.25) is 0 Å². The average Bonchev–Trinajstić information content (AvgIpc) is 3.38. The number of rotatable bonds is 3. The molecule has 0 aromatic carbocycles. The molecule has 0 aromatic heterocycles. The summed E-state index contributed by atoms with van der Waals surface area (Å²) in [4.78, 5) is 37.8. The molecule has 1 aliphatic heterocycles. The molecular weight excluding hydrogens is 422 g/mol. The van der Waals surface area contributed by atoms with E-state index >= 15 is 0 Å². The lowest BCUT2D eigenvalue weighted by Gasteiger charge is -2.58. The van der Waals surface area contributed by atoms with E-state index in [1.165, 1.54) is 30.6 Å². The second kappa shape index (κ2) is 7.20. The second-order valence-corrected chi connectivity index (χ2v) is 13.3. The van der Waals surface area contributed by atoms with Gasteiger partial charge in [0.05, 0.1) is 17.9 Å². The summed E-state index contributed by atoms with van der Waals surface area (Å²) in [5.41, 5.74) is 0.282. The fourth-order valence-electron chi connectivity index (χ4n) is 9.60. The largest absolute Gasteiger partial charge is 0.390 e. The third kappa shape index (κ3) is 3.05. The predicted molar refractivity (Wildman–Crippen MR) is 122 cm³/mol. The van der Waals surface area contributed by atoms with E-state index in [1.807, 2.05) is 6.92 Å². The molecule has 174 valence electrons. The highest BCUT2D eigenvalue weighted by Crippen LogP contribution is 2.75. The molecule has 0 radical (unpaired) electrons. The number of carbonyl (C=O) groups is 2. The molecule has 5 saturated carbocycles. The SMILES string of the molecule is C[C@@]1(O)CC[C@H]2[C@H](CC[C@@H]3[C@@H]2CC[C@@]2(C)[C@H]3[C@@H]3C[C@@H]3[C@@H]2C(=C=O)CN2C(=O)CSC2=O)C1. The van der Waals surface area contributed by atoms with Crippen molar-refractivity contribution in [2.24, 2.45) is 52.8 Å². The van der Waals surface area contributed by atoms with Crippen molar-refractivity contribution in [1.29, 1.82) is 0 Å². The van der Waals surface area contributed by atoms with Crippen LogP contribution in [-0.4, -0.2) is 45.0 Å². The van der Waals surface area contributed by atoms with Crippen LogP contribution >= 0.6 is 11.8 Å². The first-order valence-corrected chi connectivity index (χ1v) is 13.7. The fraction of sp³-hybridized carbons (Fsp3) is 0.846. The Hall–Kier alpha value is -1.10. The summed E-state index contributed by atoms with van der Waals surface area (Å²) in [5.74, 6) is 7.25. The van der Waals surface area contributed by atoms with Crippen LogP contribution in [0.3, 0.4) is 0 Å². The Morgan fingerprint density at radius 2 is 1.84 bits per heavy atom. The number of fused-ring (bicyclic) bond motifs is 7. The third-order valence-electron chi connectivity index (χ3n) is 10.7. The van der Waals surface area contributed by atoms with E-state index in [0.717, 1.165) is 55.2 Å². The number of hydrogen-bond donors (Lipinski definition) is 1. The smallest absolute Gasteiger partial charge is 0.289 e. The molecule has 6 rings (SSSR count). The number of hydrogen-bond acceptors (Lipinski definition) is 5. The van der Waals surface area contributed by atoms with Crippen molar-refractivity contribution in [3.63, 3.8) is 0 Å². The van der Waals surface area contributed by atoms with Crippen molar-refractivity contribution in [3.8, 4) is 0 Å². The van der Waals surface area contributed by atoms with Crippen LogP contribution in [0.25, 0.3) is 0 Å². The lowest BCUT2D eigenvalue weighted by Crippen LogP contribution is -2.52. The van der Waals surface area contributed by atoms with Crippen LogP contribution in [0, 0.1) is 52.8 Å². The van der Waals surface area contributed by atoms with Gasteiger partial charge in [-0.3, -0.25) is 14.5 Å². The summed E-state index contributed by atoms with van der Waals surface area (Å²) >= 11 is 1.04. The lowest BCUT2D eigenvalue weighted by atomic mass is 9.47. The van der Waals surface area contributed by atoms with Gasteiger partial charge in [0.1, 0.15) is 5.94 Å². The molecule has 6 heteroatoms. The minimum atomic E-state index is -0.483. The zero-order valence-corrected chi connectivity index (χ0v) is 20.0. The molecule has 5 nitrogen and oxygen atoms in total. The number of carbonyl (C=O) groups excluding carboxylic acids is 3. The van der Waals surface area contributed by atoms with E-state index in [2.05, 4.69) is 12.9 Å². The standard InChI is InChI=1S/C26H35NO4S/c1-25(31)7-5-16-14(10-25)3-4-18-17(16)6-8-26(2)22(19-9-20(19)23(18)26)15(12-28)11-27-21(29)13-32-24(27)30/h14,16-20,22-23,31H,3-11,13H2,1-2H3/t14-,16+,17-,18-,19+,20-,22+,23-,25-,26-/m1/s1. The monoisotopic (exact) mass is 457 g/mol. The van der Waals surface area contributed by atoms with Crippen LogP contribution in [0.15, 0.2) is 5.57 Å². The van der Waals surface area contributed by atoms with Crippen molar-refractivity contribution < 1.29 is 19.5 Å². The van der Waals surface area contributed by atoms with Crippen LogP contribution < -0.4 is 0 Å². The molecule has 5 aliphatic carbocycles. The molecule has 1 saturated heterocycles. The van der Waals surface area contributed by atoms with Gasteiger partial charge in [0, 0.05) is 11.5 Å². The summed E-state index contributed by atoms with van der Waals surface area (Å²) in [6.45, 7) is 4.58. The van der Waals surface area contributed by atoms with E-state index in [0.29, 0.717) is 29.2 Å². The van der Waals surface area contributed by atoms with Crippen LogP contribution in [0.5, 0.6) is 0 Å². The minimum absolute atomic E-state index is 0.0907. The minimum Gasteiger partial charge on any atom is -0.390 e. The van der Waals surface area contributed by atoms with Gasteiger partial charge in [0.15, 0.2) is 0 Å². The topological polar surface area (TPSA) is 74.7 Å². The van der Waals surface area contributed by atoms with Gasteiger partial charge in [-0.1, -0.05) is 18.7 Å². The highest BCUT2D eigenvalue weighted by Gasteiger charge is 2.70. The Kier molecular flexibility index (Phi) is 4.82. The van der Waals surface area contributed by atoms with Crippen molar-refractivity contribution >= 4 is 28.8 Å². The molecule has 1 heterocycles. The van der Waals surface area contributed by atoms with Gasteiger partial charge in [-0.05, 0) is 105 Å². The number of imide groups is 1. The quantitative estimate of drug-likeness (QED) is 0.639.